The number of hydrogen-bond acceptors (Lipinski definition) is 3. The van der Waals surface area contributed by atoms with Crippen molar-refractivity contribution >= 4 is 5.91 Å². The first-order chi connectivity index (χ1) is 7.51. The molecule has 0 saturated carbocycles. The van der Waals surface area contributed by atoms with Gasteiger partial charge in [-0.15, -0.1) is 0 Å². The molecule has 4 heteroatoms. The summed E-state index contributed by atoms with van der Waals surface area (Å²) in [6.07, 6.45) is 1.56. The summed E-state index contributed by atoms with van der Waals surface area (Å²) >= 11 is 0. The number of carbonyl (C=O) groups is 1. The van der Waals surface area contributed by atoms with E-state index in [1.165, 1.54) is 0 Å². The third kappa shape index (κ3) is 6.80. The van der Waals surface area contributed by atoms with Crippen LogP contribution in [0.5, 0.6) is 0 Å². The van der Waals surface area contributed by atoms with Crippen LogP contribution < -0.4 is 5.73 Å². The zero-order chi connectivity index (χ0) is 12.6. The van der Waals surface area contributed by atoms with Crippen molar-refractivity contribution in [1.82, 2.24) is 4.90 Å². The highest BCUT2D eigenvalue weighted by atomic mass is 16.5. The van der Waals surface area contributed by atoms with Gasteiger partial charge in [0.2, 0.25) is 5.91 Å². The zero-order valence-electron chi connectivity index (χ0n) is 11.0. The van der Waals surface area contributed by atoms with Gasteiger partial charge in [0, 0.05) is 27.1 Å². The molecule has 0 aliphatic rings. The number of likely N-dealkylation sites (N-methyl/N-ethyl adjacent to an activating group) is 1. The minimum atomic E-state index is 0.160. The summed E-state index contributed by atoms with van der Waals surface area (Å²) in [7, 11) is 3.45. The molecule has 0 fully saturated rings. The molecule has 16 heavy (non-hydrogen) atoms. The maximum atomic E-state index is 11.8. The van der Waals surface area contributed by atoms with Crippen LogP contribution in [0.2, 0.25) is 0 Å². The van der Waals surface area contributed by atoms with Crippen LogP contribution in [0.25, 0.3) is 0 Å². The van der Waals surface area contributed by atoms with Crippen LogP contribution in [0.1, 0.15) is 26.7 Å². The van der Waals surface area contributed by atoms with Gasteiger partial charge in [-0.2, -0.15) is 0 Å². The molecule has 0 aromatic carbocycles. The van der Waals surface area contributed by atoms with Crippen molar-refractivity contribution in [1.29, 1.82) is 0 Å². The summed E-state index contributed by atoms with van der Waals surface area (Å²) < 4.78 is 4.94. The van der Waals surface area contributed by atoms with E-state index in [0.717, 1.165) is 6.42 Å². The second kappa shape index (κ2) is 8.53. The fourth-order valence-corrected chi connectivity index (χ4v) is 1.69. The molecule has 1 atom stereocenters. The van der Waals surface area contributed by atoms with Crippen LogP contribution in [0.3, 0.4) is 0 Å². The molecule has 0 aliphatic carbocycles. The Morgan fingerprint density at radius 1 is 1.44 bits per heavy atom. The molecule has 96 valence electrons. The minimum absolute atomic E-state index is 0.160. The van der Waals surface area contributed by atoms with Gasteiger partial charge in [0.1, 0.15) is 0 Å². The first-order valence-electron chi connectivity index (χ1n) is 5.94. The van der Waals surface area contributed by atoms with E-state index in [1.807, 2.05) is 7.05 Å². The van der Waals surface area contributed by atoms with Gasteiger partial charge in [-0.1, -0.05) is 13.8 Å². The Bertz CT molecular complexity index is 195. The third-order valence-electron chi connectivity index (χ3n) is 2.66. The fraction of sp³-hybridized carbons (Fsp3) is 0.917. The average Bonchev–Trinajstić information content (AvgIpc) is 2.23. The van der Waals surface area contributed by atoms with E-state index in [2.05, 4.69) is 13.8 Å². The highest BCUT2D eigenvalue weighted by Gasteiger charge is 2.16. The Kier molecular flexibility index (Phi) is 8.21. The van der Waals surface area contributed by atoms with Crippen LogP contribution in [0.15, 0.2) is 0 Å². The second-order valence-corrected chi connectivity index (χ2v) is 4.74. The molecule has 0 spiro atoms. The van der Waals surface area contributed by atoms with E-state index in [1.54, 1.807) is 12.0 Å². The summed E-state index contributed by atoms with van der Waals surface area (Å²) in [5.41, 5.74) is 5.67. The number of carbonyl (C=O) groups excluding carboxylic acids is 1. The smallest absolute Gasteiger partial charge is 0.222 e. The summed E-state index contributed by atoms with van der Waals surface area (Å²) in [5, 5.41) is 0. The largest absolute Gasteiger partial charge is 0.383 e. The van der Waals surface area contributed by atoms with Crippen LogP contribution in [-0.4, -0.2) is 44.7 Å². The van der Waals surface area contributed by atoms with Gasteiger partial charge in [0.25, 0.3) is 0 Å². The fourth-order valence-electron chi connectivity index (χ4n) is 1.69. The number of methoxy groups -OCH3 is 1. The molecule has 0 radical (unpaired) electrons. The Morgan fingerprint density at radius 2 is 2.06 bits per heavy atom. The lowest BCUT2D eigenvalue weighted by molar-refractivity contribution is -0.131. The molecular formula is C12H26N2O2. The van der Waals surface area contributed by atoms with Crippen LogP contribution in [0, 0.1) is 11.8 Å². The van der Waals surface area contributed by atoms with Crippen molar-refractivity contribution in [2.45, 2.75) is 26.7 Å². The van der Waals surface area contributed by atoms with Gasteiger partial charge >= 0.3 is 0 Å². The lowest BCUT2D eigenvalue weighted by atomic mass is 9.94. The average molecular weight is 230 g/mol. The Hall–Kier alpha value is -0.610. The quantitative estimate of drug-likeness (QED) is 0.679. The monoisotopic (exact) mass is 230 g/mol. The molecule has 4 nitrogen and oxygen atoms in total. The van der Waals surface area contributed by atoms with Gasteiger partial charge in [0.05, 0.1) is 6.61 Å². The number of ether oxygens (including phenoxy) is 1. The molecule has 2 N–H and O–H groups in total. The molecule has 0 aromatic rings. The predicted molar refractivity (Wildman–Crippen MR) is 66.1 cm³/mol. The van der Waals surface area contributed by atoms with Crippen molar-refractivity contribution in [2.75, 3.05) is 33.9 Å². The molecule has 0 saturated heterocycles. The van der Waals surface area contributed by atoms with E-state index >= 15 is 0 Å². The molecule has 0 rings (SSSR count). The number of rotatable bonds is 8. The Labute approximate surface area is 99.1 Å². The van der Waals surface area contributed by atoms with Crippen LogP contribution >= 0.6 is 0 Å². The van der Waals surface area contributed by atoms with Crippen molar-refractivity contribution in [3.8, 4) is 0 Å². The number of nitrogens with two attached hydrogens (primary N) is 1. The molecule has 0 aliphatic heterocycles. The lowest BCUT2D eigenvalue weighted by Crippen LogP contribution is -2.33. The van der Waals surface area contributed by atoms with E-state index in [4.69, 9.17) is 10.5 Å². The highest BCUT2D eigenvalue weighted by molar-refractivity contribution is 5.76. The summed E-state index contributed by atoms with van der Waals surface area (Å²) in [6.45, 7) is 6.12. The molecule has 1 unspecified atom stereocenters. The number of nitrogens with zero attached hydrogens (tertiary/aromatic N) is 1. The van der Waals surface area contributed by atoms with Crippen molar-refractivity contribution < 1.29 is 9.53 Å². The van der Waals surface area contributed by atoms with Gasteiger partial charge in [-0.3, -0.25) is 4.79 Å². The van der Waals surface area contributed by atoms with E-state index in [0.29, 0.717) is 38.0 Å². The first-order valence-corrected chi connectivity index (χ1v) is 5.94. The van der Waals surface area contributed by atoms with Crippen molar-refractivity contribution in [2.24, 2.45) is 17.6 Å². The van der Waals surface area contributed by atoms with E-state index < -0.39 is 0 Å². The molecular weight excluding hydrogens is 204 g/mol. The maximum absolute atomic E-state index is 11.8. The lowest BCUT2D eigenvalue weighted by Gasteiger charge is -2.21. The van der Waals surface area contributed by atoms with E-state index in [9.17, 15) is 4.79 Å². The second-order valence-electron chi connectivity index (χ2n) is 4.74. The van der Waals surface area contributed by atoms with Gasteiger partial charge in [-0.25, -0.2) is 0 Å². The van der Waals surface area contributed by atoms with Gasteiger partial charge in [-0.05, 0) is 24.8 Å². The molecule has 0 bridgehead atoms. The molecule has 0 heterocycles. The Morgan fingerprint density at radius 3 is 2.50 bits per heavy atom. The number of amides is 1. The maximum Gasteiger partial charge on any atom is 0.222 e. The number of hydrogen-bond donors (Lipinski definition) is 1. The zero-order valence-corrected chi connectivity index (χ0v) is 11.0. The SMILES string of the molecule is COCCN(C)C(=O)CC(CN)CC(C)C. The highest BCUT2D eigenvalue weighted by Crippen LogP contribution is 2.15. The molecule has 0 aromatic heterocycles. The summed E-state index contributed by atoms with van der Waals surface area (Å²) in [4.78, 5) is 13.5. The van der Waals surface area contributed by atoms with Gasteiger partial charge in [0.15, 0.2) is 0 Å². The summed E-state index contributed by atoms with van der Waals surface area (Å²) in [5.74, 6) is 1.05. The van der Waals surface area contributed by atoms with Crippen molar-refractivity contribution in [3.63, 3.8) is 0 Å². The minimum Gasteiger partial charge on any atom is -0.383 e. The Balaban J connectivity index is 3.98. The first kappa shape index (κ1) is 15.4. The predicted octanol–water partition coefficient (Wildman–Crippen LogP) is 1.10. The third-order valence-corrected chi connectivity index (χ3v) is 2.66. The topological polar surface area (TPSA) is 55.6 Å². The van der Waals surface area contributed by atoms with Crippen LogP contribution in [0.4, 0.5) is 0 Å². The van der Waals surface area contributed by atoms with Gasteiger partial charge < -0.3 is 15.4 Å². The summed E-state index contributed by atoms with van der Waals surface area (Å²) in [6, 6.07) is 0. The van der Waals surface area contributed by atoms with Crippen molar-refractivity contribution in [3.05, 3.63) is 0 Å². The molecule has 1 amide bonds. The van der Waals surface area contributed by atoms with E-state index in [-0.39, 0.29) is 5.91 Å². The standard InChI is InChI=1S/C12H26N2O2/c1-10(2)7-11(9-13)8-12(15)14(3)5-6-16-4/h10-11H,5-9,13H2,1-4H3. The normalized spacial score (nSPS) is 12.9. The van der Waals surface area contributed by atoms with Crippen LogP contribution in [-0.2, 0) is 9.53 Å².